The van der Waals surface area contributed by atoms with E-state index in [1.807, 2.05) is 19.9 Å². The second-order valence-corrected chi connectivity index (χ2v) is 11.5. The molecule has 2 heterocycles. The van der Waals surface area contributed by atoms with Gasteiger partial charge >= 0.3 is 5.97 Å². The quantitative estimate of drug-likeness (QED) is 0.491. The van der Waals surface area contributed by atoms with Gasteiger partial charge in [0.1, 0.15) is 5.78 Å². The predicted molar refractivity (Wildman–Crippen MR) is 123 cm³/mol. The minimum absolute atomic E-state index is 0.0139. The highest BCUT2D eigenvalue weighted by atomic mass is 16.5. The van der Waals surface area contributed by atoms with Crippen molar-refractivity contribution in [1.82, 2.24) is 0 Å². The van der Waals surface area contributed by atoms with Crippen molar-refractivity contribution < 1.29 is 28.3 Å². The Balaban J connectivity index is 1.59. The van der Waals surface area contributed by atoms with Crippen molar-refractivity contribution in [2.24, 2.45) is 40.4 Å². The molecule has 1 aromatic heterocycles. The smallest absolute Gasteiger partial charge is 0.308 e. The highest BCUT2D eigenvalue weighted by Gasteiger charge is 2.75. The Labute approximate surface area is 199 Å². The Hall–Kier alpha value is -2.47. The van der Waals surface area contributed by atoms with Crippen LogP contribution in [0.5, 0.6) is 0 Å². The van der Waals surface area contributed by atoms with E-state index in [4.69, 9.17) is 13.9 Å². The Morgan fingerprint density at radius 2 is 2.00 bits per heavy atom. The van der Waals surface area contributed by atoms with Crippen molar-refractivity contribution in [3.8, 4) is 0 Å². The molecule has 4 aliphatic carbocycles. The van der Waals surface area contributed by atoms with Crippen LogP contribution in [0.1, 0.15) is 52.0 Å². The zero-order chi connectivity index (χ0) is 24.2. The third-order valence-corrected chi connectivity index (χ3v) is 10.2. The molecule has 6 nitrogen and oxygen atoms in total. The summed E-state index contributed by atoms with van der Waals surface area (Å²) in [6.07, 6.45) is 7.81. The minimum atomic E-state index is -0.853. The fourth-order valence-corrected chi connectivity index (χ4v) is 9.25. The van der Waals surface area contributed by atoms with E-state index in [0.29, 0.717) is 6.42 Å². The second-order valence-electron chi connectivity index (χ2n) is 11.5. The van der Waals surface area contributed by atoms with Crippen LogP contribution >= 0.6 is 0 Å². The highest BCUT2D eigenvalue weighted by Crippen LogP contribution is 2.72. The Morgan fingerprint density at radius 3 is 2.68 bits per heavy atom. The van der Waals surface area contributed by atoms with Crippen LogP contribution in [0.15, 0.2) is 46.3 Å². The van der Waals surface area contributed by atoms with Gasteiger partial charge in [0.2, 0.25) is 0 Å². The monoisotopic (exact) mass is 464 g/mol. The molecule has 6 heteroatoms. The van der Waals surface area contributed by atoms with Crippen LogP contribution in [-0.2, 0) is 23.9 Å². The predicted octanol–water partition coefficient (Wildman–Crippen LogP) is 4.26. The normalized spacial score (nSPS) is 45.3. The Kier molecular flexibility index (Phi) is 4.55. The first kappa shape index (κ1) is 22.0. The molecule has 0 aromatic carbocycles. The zero-order valence-corrected chi connectivity index (χ0v) is 20.4. The molecule has 6 rings (SSSR count). The van der Waals surface area contributed by atoms with Crippen molar-refractivity contribution in [3.63, 3.8) is 0 Å². The fraction of sp³-hybridized carbons (Fsp3) is 0.607. The molecule has 1 aromatic rings. The number of ketones is 2. The third-order valence-electron chi connectivity index (χ3n) is 10.2. The highest BCUT2D eigenvalue weighted by molar-refractivity contribution is 6.00. The summed E-state index contributed by atoms with van der Waals surface area (Å²) >= 11 is 0. The maximum absolute atomic E-state index is 13.7. The topological polar surface area (TPSA) is 82.8 Å². The first-order chi connectivity index (χ1) is 16.1. The molecule has 10 atom stereocenters. The maximum Gasteiger partial charge on any atom is 0.308 e. The van der Waals surface area contributed by atoms with Gasteiger partial charge in [0.25, 0.3) is 0 Å². The molecule has 0 radical (unpaired) electrons. The van der Waals surface area contributed by atoms with Gasteiger partial charge in [0.15, 0.2) is 5.78 Å². The largest absolute Gasteiger partial charge is 0.472 e. The molecule has 1 saturated heterocycles. The van der Waals surface area contributed by atoms with Gasteiger partial charge in [0, 0.05) is 29.1 Å². The lowest BCUT2D eigenvalue weighted by molar-refractivity contribution is -0.184. The minimum Gasteiger partial charge on any atom is -0.472 e. The number of hydrogen-bond acceptors (Lipinski definition) is 6. The van der Waals surface area contributed by atoms with E-state index < -0.39 is 16.7 Å². The molecule has 0 amide bonds. The average molecular weight is 465 g/mol. The lowest BCUT2D eigenvalue weighted by Gasteiger charge is -2.60. The van der Waals surface area contributed by atoms with Gasteiger partial charge in [-0.15, -0.1) is 0 Å². The van der Waals surface area contributed by atoms with E-state index in [2.05, 4.69) is 13.8 Å². The molecule has 0 bridgehead atoms. The fourth-order valence-electron chi connectivity index (χ4n) is 9.25. The summed E-state index contributed by atoms with van der Waals surface area (Å²) in [6, 6.07) is 2.00. The Bertz CT molecular complexity index is 1140. The first-order valence-electron chi connectivity index (χ1n) is 12.4. The van der Waals surface area contributed by atoms with Crippen LogP contribution in [0.3, 0.4) is 0 Å². The van der Waals surface area contributed by atoms with Crippen LogP contribution in [0.25, 0.3) is 0 Å². The van der Waals surface area contributed by atoms with Crippen molar-refractivity contribution >= 4 is 17.5 Å². The summed E-state index contributed by atoms with van der Waals surface area (Å²) in [5, 5.41) is 0. The van der Waals surface area contributed by atoms with Crippen LogP contribution < -0.4 is 0 Å². The summed E-state index contributed by atoms with van der Waals surface area (Å²) in [5.74, 6) is -1.30. The molecule has 34 heavy (non-hydrogen) atoms. The summed E-state index contributed by atoms with van der Waals surface area (Å²) < 4.78 is 17.5. The molecule has 1 aliphatic heterocycles. The molecule has 0 spiro atoms. The lowest BCUT2D eigenvalue weighted by Crippen LogP contribution is -2.64. The number of carbonyl (C=O) groups is 3. The van der Waals surface area contributed by atoms with Crippen molar-refractivity contribution in [2.75, 3.05) is 7.11 Å². The first-order valence-corrected chi connectivity index (χ1v) is 12.4. The number of rotatable bonds is 3. The van der Waals surface area contributed by atoms with Crippen molar-refractivity contribution in [3.05, 3.63) is 47.5 Å². The summed E-state index contributed by atoms with van der Waals surface area (Å²) in [6.45, 7) is 8.22. The van der Waals surface area contributed by atoms with Crippen LogP contribution in [0.4, 0.5) is 0 Å². The van der Waals surface area contributed by atoms with Crippen LogP contribution in [0.2, 0.25) is 0 Å². The van der Waals surface area contributed by atoms with E-state index >= 15 is 0 Å². The summed E-state index contributed by atoms with van der Waals surface area (Å²) in [7, 11) is 1.40. The molecular formula is C28H32O6. The number of fused-ring (bicyclic) bond motifs is 4. The maximum atomic E-state index is 13.7. The average Bonchev–Trinajstić information content (AvgIpc) is 3.55. The number of esters is 1. The van der Waals surface area contributed by atoms with Gasteiger partial charge in [-0.2, -0.15) is 0 Å². The lowest BCUT2D eigenvalue weighted by atomic mass is 9.41. The van der Waals surface area contributed by atoms with Gasteiger partial charge in [-0.1, -0.05) is 32.4 Å². The molecular weight excluding hydrogens is 432 g/mol. The SMILES string of the molecule is COC(=O)C(C)[C@H]1[C@]2(C)C3=C(C)[C@H](c4ccoc4)C[C@H]3O[C@@H]2[C@@H]2CC(=O)C3C=CC(=O)[C@@]1(C)[C@H]32. The molecule has 2 unspecified atom stereocenters. The number of carbonyl (C=O) groups excluding carboxylic acids is 3. The number of furan rings is 1. The number of hydrogen-bond donors (Lipinski definition) is 0. The number of ether oxygens (including phenoxy) is 2. The second kappa shape index (κ2) is 7.03. The van der Waals surface area contributed by atoms with Crippen molar-refractivity contribution in [1.29, 1.82) is 0 Å². The van der Waals surface area contributed by atoms with Gasteiger partial charge in [-0.05, 0) is 54.4 Å². The molecule has 0 N–H and O–H groups in total. The molecule has 180 valence electrons. The van der Waals surface area contributed by atoms with Gasteiger partial charge in [0.05, 0.1) is 37.8 Å². The molecule has 2 saturated carbocycles. The molecule has 5 aliphatic rings. The standard InChI is InChI=1S/C28H32O6/c1-13-17(15-8-9-33-12-15)11-20-22(13)28(4)24(14(2)26(31)32-5)27(3)21(30)7-6-16-19(29)10-18(23(16)27)25(28)34-20/h6-9,12,14,16-18,20,23-25H,10-11H2,1-5H3/t14?,16?,17-,18-,20-,23-,24-,25-,27+,28+/m1/s1. The van der Waals surface area contributed by atoms with E-state index in [9.17, 15) is 14.4 Å². The van der Waals surface area contributed by atoms with Gasteiger partial charge < -0.3 is 13.9 Å². The van der Waals surface area contributed by atoms with Gasteiger partial charge in [-0.25, -0.2) is 0 Å². The summed E-state index contributed by atoms with van der Waals surface area (Å²) in [5.41, 5.74) is 2.15. The number of methoxy groups -OCH3 is 1. The Morgan fingerprint density at radius 1 is 1.24 bits per heavy atom. The van der Waals surface area contributed by atoms with E-state index in [1.165, 1.54) is 18.3 Å². The van der Waals surface area contributed by atoms with Crippen LogP contribution in [-0.4, -0.2) is 36.9 Å². The summed E-state index contributed by atoms with van der Waals surface area (Å²) in [4.78, 5) is 39.9. The number of Topliss-reactive ketones (excluding diaryl/α,β-unsaturated/α-hetero) is 1. The van der Waals surface area contributed by atoms with Crippen LogP contribution in [0, 0.1) is 40.4 Å². The third kappa shape index (κ3) is 2.43. The zero-order valence-electron chi connectivity index (χ0n) is 20.4. The van der Waals surface area contributed by atoms with Crippen molar-refractivity contribution in [2.45, 2.75) is 58.7 Å². The van der Waals surface area contributed by atoms with Gasteiger partial charge in [-0.3, -0.25) is 14.4 Å². The van der Waals surface area contributed by atoms with E-state index in [-0.39, 0.29) is 59.3 Å². The van der Waals surface area contributed by atoms with E-state index in [1.54, 1.807) is 24.7 Å². The molecule has 3 fully saturated rings. The number of allylic oxidation sites excluding steroid dienone is 3. The van der Waals surface area contributed by atoms with E-state index in [0.717, 1.165) is 12.0 Å².